The lowest BCUT2D eigenvalue weighted by Gasteiger charge is -2.19. The topological polar surface area (TPSA) is 92.8 Å². The van der Waals surface area contributed by atoms with Crippen molar-refractivity contribution in [3.63, 3.8) is 0 Å². The van der Waals surface area contributed by atoms with E-state index in [4.69, 9.17) is 4.74 Å². The van der Waals surface area contributed by atoms with E-state index in [0.29, 0.717) is 18.7 Å². The number of anilines is 2. The van der Waals surface area contributed by atoms with Crippen molar-refractivity contribution >= 4 is 31.4 Å². The highest BCUT2D eigenvalue weighted by atomic mass is 32.2. The summed E-state index contributed by atoms with van der Waals surface area (Å²) in [6.45, 7) is 1.80. The van der Waals surface area contributed by atoms with E-state index in [1.807, 2.05) is 0 Å². The number of halogens is 1. The van der Waals surface area contributed by atoms with Crippen LogP contribution in [0.1, 0.15) is 12.0 Å². The van der Waals surface area contributed by atoms with Gasteiger partial charge in [0.2, 0.25) is 10.0 Å². The number of aryl methyl sites for hydroxylation is 1. The lowest BCUT2D eigenvalue weighted by molar-refractivity contribution is 0.417. The molecule has 10 heteroatoms. The summed E-state index contributed by atoms with van der Waals surface area (Å²) in [6.07, 6.45) is 0.504. The van der Waals surface area contributed by atoms with Gasteiger partial charge in [0, 0.05) is 6.54 Å². The minimum Gasteiger partial charge on any atom is -0.495 e. The molecule has 1 fully saturated rings. The van der Waals surface area contributed by atoms with Crippen molar-refractivity contribution < 1.29 is 26.0 Å². The number of rotatable bonds is 5. The first-order chi connectivity index (χ1) is 12.6. The first-order valence-corrected chi connectivity index (χ1v) is 11.2. The van der Waals surface area contributed by atoms with E-state index in [-0.39, 0.29) is 27.6 Å². The summed E-state index contributed by atoms with van der Waals surface area (Å²) in [5.41, 5.74) is 0.641. The van der Waals surface area contributed by atoms with Crippen LogP contribution in [0.5, 0.6) is 5.75 Å². The predicted octanol–water partition coefficient (Wildman–Crippen LogP) is 2.48. The molecule has 1 heterocycles. The van der Waals surface area contributed by atoms with Gasteiger partial charge in [0.05, 0.1) is 29.1 Å². The first kappa shape index (κ1) is 19.4. The van der Waals surface area contributed by atoms with E-state index in [9.17, 15) is 21.2 Å². The van der Waals surface area contributed by atoms with Gasteiger partial charge in [0.25, 0.3) is 10.0 Å². The van der Waals surface area contributed by atoms with Crippen LogP contribution in [-0.4, -0.2) is 36.2 Å². The Labute approximate surface area is 157 Å². The Morgan fingerprint density at radius 1 is 1.19 bits per heavy atom. The quantitative estimate of drug-likeness (QED) is 0.811. The molecule has 0 spiro atoms. The van der Waals surface area contributed by atoms with E-state index in [1.54, 1.807) is 6.07 Å². The molecule has 27 heavy (non-hydrogen) atoms. The second kappa shape index (κ2) is 7.01. The number of nitrogens with zero attached hydrogens (tertiary/aromatic N) is 1. The Bertz CT molecular complexity index is 1080. The van der Waals surface area contributed by atoms with E-state index in [2.05, 4.69) is 4.72 Å². The smallest absolute Gasteiger partial charge is 0.262 e. The van der Waals surface area contributed by atoms with E-state index in [0.717, 1.165) is 12.1 Å². The van der Waals surface area contributed by atoms with Crippen LogP contribution in [0.15, 0.2) is 41.3 Å². The summed E-state index contributed by atoms with van der Waals surface area (Å²) >= 11 is 0. The molecule has 0 aliphatic carbocycles. The van der Waals surface area contributed by atoms with Crippen LogP contribution in [0.2, 0.25) is 0 Å². The highest BCUT2D eigenvalue weighted by Crippen LogP contribution is 2.34. The maximum Gasteiger partial charge on any atom is 0.262 e. The first-order valence-electron chi connectivity index (χ1n) is 8.11. The number of nitrogens with one attached hydrogen (secondary N) is 1. The molecule has 2 aromatic rings. The molecule has 0 aromatic heterocycles. The number of sulfonamides is 2. The van der Waals surface area contributed by atoms with Crippen molar-refractivity contribution in [3.05, 3.63) is 47.8 Å². The molecule has 1 N–H and O–H groups in total. The maximum atomic E-state index is 13.4. The largest absolute Gasteiger partial charge is 0.495 e. The number of methoxy groups -OCH3 is 1. The molecule has 0 radical (unpaired) electrons. The van der Waals surface area contributed by atoms with Gasteiger partial charge in [-0.3, -0.25) is 9.03 Å². The minimum absolute atomic E-state index is 0.0505. The van der Waals surface area contributed by atoms with E-state index in [1.165, 1.54) is 36.5 Å². The van der Waals surface area contributed by atoms with Crippen molar-refractivity contribution in [1.82, 2.24) is 0 Å². The van der Waals surface area contributed by atoms with Gasteiger partial charge in [-0.1, -0.05) is 0 Å². The molecule has 146 valence electrons. The highest BCUT2D eigenvalue weighted by Gasteiger charge is 2.29. The van der Waals surface area contributed by atoms with Crippen LogP contribution >= 0.6 is 0 Å². The van der Waals surface area contributed by atoms with Crippen LogP contribution in [0.3, 0.4) is 0 Å². The fraction of sp³-hybridized carbons (Fsp3) is 0.294. The minimum atomic E-state index is -4.02. The Balaban J connectivity index is 2.00. The van der Waals surface area contributed by atoms with Crippen LogP contribution < -0.4 is 13.8 Å². The van der Waals surface area contributed by atoms with Gasteiger partial charge in [0.1, 0.15) is 11.6 Å². The highest BCUT2D eigenvalue weighted by molar-refractivity contribution is 7.93. The molecule has 1 aliphatic rings. The number of ether oxygens (including phenoxy) is 1. The Hall–Kier alpha value is -2.33. The molecule has 0 bridgehead atoms. The molecule has 1 saturated heterocycles. The fourth-order valence-corrected chi connectivity index (χ4v) is 5.55. The molecule has 0 unspecified atom stereocenters. The lowest BCUT2D eigenvalue weighted by Crippen LogP contribution is -2.25. The van der Waals surface area contributed by atoms with Gasteiger partial charge in [0.15, 0.2) is 0 Å². The summed E-state index contributed by atoms with van der Waals surface area (Å²) < 4.78 is 71.8. The summed E-state index contributed by atoms with van der Waals surface area (Å²) in [6, 6.07) is 7.92. The molecule has 7 nitrogen and oxygen atoms in total. The third kappa shape index (κ3) is 3.86. The van der Waals surface area contributed by atoms with Crippen molar-refractivity contribution in [2.45, 2.75) is 18.2 Å². The second-order valence-corrected chi connectivity index (χ2v) is 9.84. The molecule has 3 rings (SSSR count). The summed E-state index contributed by atoms with van der Waals surface area (Å²) in [5.74, 6) is -0.222. The average Bonchev–Trinajstić information content (AvgIpc) is 2.96. The summed E-state index contributed by atoms with van der Waals surface area (Å²) in [4.78, 5) is -0.109. The van der Waals surface area contributed by atoms with Crippen LogP contribution in [0.25, 0.3) is 0 Å². The Morgan fingerprint density at radius 3 is 2.52 bits per heavy atom. The van der Waals surface area contributed by atoms with Crippen molar-refractivity contribution in [2.75, 3.05) is 28.4 Å². The third-order valence-electron chi connectivity index (χ3n) is 4.25. The van der Waals surface area contributed by atoms with Crippen LogP contribution in [-0.2, 0) is 20.0 Å². The van der Waals surface area contributed by atoms with Gasteiger partial charge in [-0.15, -0.1) is 0 Å². The molecular formula is C17H19FN2O5S2. The van der Waals surface area contributed by atoms with Crippen LogP contribution in [0, 0.1) is 12.7 Å². The Kier molecular flexibility index (Phi) is 5.04. The third-order valence-corrected chi connectivity index (χ3v) is 7.49. The van der Waals surface area contributed by atoms with E-state index >= 15 is 0 Å². The number of hydrogen-bond donors (Lipinski definition) is 1. The van der Waals surface area contributed by atoms with Gasteiger partial charge in [-0.25, -0.2) is 21.2 Å². The molecule has 0 atom stereocenters. The second-order valence-electron chi connectivity index (χ2n) is 6.14. The van der Waals surface area contributed by atoms with Crippen molar-refractivity contribution in [2.24, 2.45) is 0 Å². The monoisotopic (exact) mass is 414 g/mol. The van der Waals surface area contributed by atoms with Gasteiger partial charge in [-0.2, -0.15) is 0 Å². The standard InChI is InChI=1S/C17H19FN2O5S2/c1-12-10-14(5-6-15(12)18)27(23,24)19-16-11-13(4-7-17(16)25-2)20-8-3-9-26(20,21)22/h4-7,10-11,19H,3,8-9H2,1-2H3. The van der Waals surface area contributed by atoms with Gasteiger partial charge >= 0.3 is 0 Å². The molecular weight excluding hydrogens is 395 g/mol. The molecule has 0 saturated carbocycles. The predicted molar refractivity (Wildman–Crippen MR) is 101 cm³/mol. The molecule has 2 aromatic carbocycles. The van der Waals surface area contributed by atoms with E-state index < -0.39 is 25.9 Å². The maximum absolute atomic E-state index is 13.4. The number of hydrogen-bond acceptors (Lipinski definition) is 5. The van der Waals surface area contributed by atoms with Gasteiger partial charge < -0.3 is 4.74 Å². The normalized spacial score (nSPS) is 16.3. The summed E-state index contributed by atoms with van der Waals surface area (Å²) in [5, 5.41) is 0. The zero-order chi connectivity index (χ0) is 19.8. The van der Waals surface area contributed by atoms with Crippen LogP contribution in [0.4, 0.5) is 15.8 Å². The summed E-state index contributed by atoms with van der Waals surface area (Å²) in [7, 11) is -6.05. The SMILES string of the molecule is COc1ccc(N2CCCS2(=O)=O)cc1NS(=O)(=O)c1ccc(F)c(C)c1. The fourth-order valence-electron chi connectivity index (χ4n) is 2.85. The van der Waals surface area contributed by atoms with Gasteiger partial charge in [-0.05, 0) is 55.3 Å². The molecule has 1 aliphatic heterocycles. The lowest BCUT2D eigenvalue weighted by atomic mass is 10.2. The zero-order valence-electron chi connectivity index (χ0n) is 14.8. The zero-order valence-corrected chi connectivity index (χ0v) is 16.4. The molecule has 0 amide bonds. The average molecular weight is 414 g/mol. The Morgan fingerprint density at radius 2 is 1.93 bits per heavy atom. The van der Waals surface area contributed by atoms with Crippen molar-refractivity contribution in [3.8, 4) is 5.75 Å². The van der Waals surface area contributed by atoms with Crippen molar-refractivity contribution in [1.29, 1.82) is 0 Å². The number of benzene rings is 2.